The summed E-state index contributed by atoms with van der Waals surface area (Å²) in [4.78, 5) is 38.4. The number of rotatable bonds is 70. The van der Waals surface area contributed by atoms with Crippen molar-refractivity contribution in [3.63, 3.8) is 0 Å². The predicted octanol–water partition coefficient (Wildman–Crippen LogP) is 25.7. The number of allylic oxidation sites excluding steroid dienone is 4. The molecule has 0 amide bonds. The van der Waals surface area contributed by atoms with Crippen LogP contribution in [0.3, 0.4) is 0 Å². The third-order valence-corrected chi connectivity index (χ3v) is 17.2. The Balaban J connectivity index is 4.06. The number of unbranched alkanes of at least 4 members (excludes halogenated alkanes) is 55. The van der Waals surface area contributed by atoms with Gasteiger partial charge >= 0.3 is 17.9 Å². The highest BCUT2D eigenvalue weighted by Gasteiger charge is 2.20. The maximum atomic E-state index is 12.9. The van der Waals surface area contributed by atoms with Crippen molar-refractivity contribution in [1.82, 2.24) is 0 Å². The van der Waals surface area contributed by atoms with Gasteiger partial charge in [-0.2, -0.15) is 0 Å². The lowest BCUT2D eigenvalue weighted by molar-refractivity contribution is -0.167. The Bertz CT molecular complexity index is 1320. The smallest absolute Gasteiger partial charge is 0.306 e. The van der Waals surface area contributed by atoms with Crippen LogP contribution in [0.1, 0.15) is 425 Å². The van der Waals surface area contributed by atoms with Gasteiger partial charge in [-0.3, -0.25) is 14.4 Å². The maximum absolute atomic E-state index is 12.9. The van der Waals surface area contributed by atoms with Crippen LogP contribution < -0.4 is 0 Å². The average Bonchev–Trinajstić information content (AvgIpc) is 3.47. The van der Waals surface area contributed by atoms with Crippen LogP contribution >= 0.6 is 0 Å². The van der Waals surface area contributed by atoms with E-state index in [2.05, 4.69) is 45.1 Å². The summed E-state index contributed by atoms with van der Waals surface area (Å²) in [5.74, 6) is -0.845. The Morgan fingerprint density at radius 1 is 0.244 bits per heavy atom. The second-order valence-corrected chi connectivity index (χ2v) is 25.6. The zero-order valence-corrected chi connectivity index (χ0v) is 55.8. The van der Waals surface area contributed by atoms with Crippen LogP contribution in [0.15, 0.2) is 24.3 Å². The first-order valence-electron chi connectivity index (χ1n) is 37.3. The lowest BCUT2D eigenvalue weighted by Crippen LogP contribution is -2.30. The standard InChI is InChI=1S/C76H144O6/c1-4-7-10-13-16-19-22-25-27-29-31-32-33-34-35-36-37-38-39-40-41-42-43-44-45-46-48-49-51-54-57-60-63-66-69-75(78)81-72-73(71-80-74(77)68-65-62-59-56-53-24-21-18-15-12-9-6-3)82-76(79)70-67-64-61-58-55-52-50-47-30-28-26-23-20-17-14-11-8-5-2/h20,23,28,30,73H,4-19,21-22,24-27,29,31-72H2,1-3H3/b23-20-,30-28-. The summed E-state index contributed by atoms with van der Waals surface area (Å²) >= 11 is 0. The number of esters is 3. The summed E-state index contributed by atoms with van der Waals surface area (Å²) in [5.41, 5.74) is 0. The minimum Gasteiger partial charge on any atom is -0.462 e. The molecule has 0 radical (unpaired) electrons. The molecule has 0 N–H and O–H groups in total. The Labute approximate surface area is 513 Å². The molecule has 1 unspecified atom stereocenters. The highest BCUT2D eigenvalue weighted by Crippen LogP contribution is 2.19. The summed E-state index contributed by atoms with van der Waals surface area (Å²) in [7, 11) is 0. The van der Waals surface area contributed by atoms with E-state index in [1.165, 1.54) is 315 Å². The third-order valence-electron chi connectivity index (χ3n) is 17.2. The summed E-state index contributed by atoms with van der Waals surface area (Å²) in [6.45, 7) is 6.69. The van der Waals surface area contributed by atoms with Crippen molar-refractivity contribution < 1.29 is 28.6 Å². The molecule has 0 aromatic carbocycles. The molecule has 0 rings (SSSR count). The van der Waals surface area contributed by atoms with Crippen molar-refractivity contribution in [2.75, 3.05) is 13.2 Å². The molecule has 1 atom stereocenters. The van der Waals surface area contributed by atoms with E-state index in [0.717, 1.165) is 70.6 Å². The lowest BCUT2D eigenvalue weighted by atomic mass is 10.0. The molecule has 6 heteroatoms. The number of carbonyl (C=O) groups is 3. The van der Waals surface area contributed by atoms with Gasteiger partial charge in [0.15, 0.2) is 6.10 Å². The van der Waals surface area contributed by atoms with Crippen molar-refractivity contribution in [2.24, 2.45) is 0 Å². The molecular weight excluding hydrogens is 1010 g/mol. The number of hydrogen-bond acceptors (Lipinski definition) is 6. The van der Waals surface area contributed by atoms with Crippen molar-refractivity contribution in [2.45, 2.75) is 431 Å². The van der Waals surface area contributed by atoms with Crippen molar-refractivity contribution in [3.05, 3.63) is 24.3 Å². The number of hydrogen-bond donors (Lipinski definition) is 0. The SMILES string of the molecule is CCCCCC/C=C\C/C=C\CCCCCCCCCC(=O)OC(COC(=O)CCCCCCCCCCCCCC)COC(=O)CCCCCCCCCCCCCCCCCCCCCCCCCCCCCCCCCCCC. The molecule has 484 valence electrons. The summed E-state index contributed by atoms with van der Waals surface area (Å²) in [6.07, 6.45) is 88.1. The minimum absolute atomic E-state index is 0.0683. The summed E-state index contributed by atoms with van der Waals surface area (Å²) < 4.78 is 17.0. The van der Waals surface area contributed by atoms with Gasteiger partial charge in [-0.05, 0) is 51.4 Å². The summed E-state index contributed by atoms with van der Waals surface area (Å²) in [5, 5.41) is 0. The van der Waals surface area contributed by atoms with Gasteiger partial charge in [-0.1, -0.05) is 379 Å². The fourth-order valence-corrected chi connectivity index (χ4v) is 11.6. The molecule has 0 saturated heterocycles. The molecule has 0 aliphatic carbocycles. The van der Waals surface area contributed by atoms with Crippen molar-refractivity contribution in [1.29, 1.82) is 0 Å². The van der Waals surface area contributed by atoms with Crippen LogP contribution in [0.2, 0.25) is 0 Å². The topological polar surface area (TPSA) is 78.9 Å². The van der Waals surface area contributed by atoms with E-state index in [4.69, 9.17) is 14.2 Å². The van der Waals surface area contributed by atoms with Crippen LogP contribution in [-0.4, -0.2) is 37.2 Å². The molecule has 0 spiro atoms. The molecule has 0 heterocycles. The van der Waals surface area contributed by atoms with E-state index in [9.17, 15) is 14.4 Å². The van der Waals surface area contributed by atoms with Gasteiger partial charge in [0.05, 0.1) is 0 Å². The third kappa shape index (κ3) is 68.7. The first-order valence-corrected chi connectivity index (χ1v) is 37.3. The van der Waals surface area contributed by atoms with Crippen LogP contribution in [-0.2, 0) is 28.6 Å². The quantitative estimate of drug-likeness (QED) is 0.0261. The fraction of sp³-hybridized carbons (Fsp3) is 0.908. The van der Waals surface area contributed by atoms with E-state index in [0.29, 0.717) is 19.3 Å². The molecule has 0 bridgehead atoms. The van der Waals surface area contributed by atoms with Gasteiger partial charge in [0.25, 0.3) is 0 Å². The molecule has 0 aromatic heterocycles. The normalized spacial score (nSPS) is 12.1. The van der Waals surface area contributed by atoms with Gasteiger partial charge in [0, 0.05) is 19.3 Å². The van der Waals surface area contributed by atoms with E-state index < -0.39 is 6.10 Å². The monoisotopic (exact) mass is 1150 g/mol. The Hall–Kier alpha value is -2.11. The zero-order valence-electron chi connectivity index (χ0n) is 55.8. The molecular formula is C76H144O6. The molecule has 0 saturated carbocycles. The first-order chi connectivity index (χ1) is 40.5. The zero-order chi connectivity index (χ0) is 59.2. The fourth-order valence-electron chi connectivity index (χ4n) is 11.6. The van der Waals surface area contributed by atoms with Gasteiger partial charge in [0.1, 0.15) is 13.2 Å². The second kappa shape index (κ2) is 71.4. The van der Waals surface area contributed by atoms with Gasteiger partial charge in [-0.15, -0.1) is 0 Å². The highest BCUT2D eigenvalue weighted by molar-refractivity contribution is 5.71. The Morgan fingerprint density at radius 2 is 0.439 bits per heavy atom. The Kier molecular flexibility index (Phi) is 69.5. The molecule has 0 aliphatic heterocycles. The lowest BCUT2D eigenvalue weighted by Gasteiger charge is -2.18. The Morgan fingerprint density at radius 3 is 0.683 bits per heavy atom. The van der Waals surface area contributed by atoms with Crippen LogP contribution in [0, 0.1) is 0 Å². The minimum atomic E-state index is -0.772. The van der Waals surface area contributed by atoms with E-state index in [1.807, 2.05) is 0 Å². The molecule has 0 aromatic rings. The first kappa shape index (κ1) is 79.9. The molecule has 0 aliphatic rings. The van der Waals surface area contributed by atoms with Crippen molar-refractivity contribution >= 4 is 17.9 Å². The van der Waals surface area contributed by atoms with Crippen molar-refractivity contribution in [3.8, 4) is 0 Å². The van der Waals surface area contributed by atoms with E-state index in [-0.39, 0.29) is 31.1 Å². The average molecular weight is 1150 g/mol. The summed E-state index contributed by atoms with van der Waals surface area (Å²) in [6, 6.07) is 0. The molecule has 0 fully saturated rings. The van der Waals surface area contributed by atoms with Gasteiger partial charge in [-0.25, -0.2) is 0 Å². The number of carbonyl (C=O) groups excluding carboxylic acids is 3. The van der Waals surface area contributed by atoms with E-state index in [1.54, 1.807) is 0 Å². The highest BCUT2D eigenvalue weighted by atomic mass is 16.6. The predicted molar refractivity (Wildman–Crippen MR) is 358 cm³/mol. The molecule has 82 heavy (non-hydrogen) atoms. The maximum Gasteiger partial charge on any atom is 0.306 e. The number of ether oxygens (including phenoxy) is 3. The largest absolute Gasteiger partial charge is 0.462 e. The van der Waals surface area contributed by atoms with Crippen LogP contribution in [0.25, 0.3) is 0 Å². The van der Waals surface area contributed by atoms with Crippen LogP contribution in [0.4, 0.5) is 0 Å². The van der Waals surface area contributed by atoms with Gasteiger partial charge < -0.3 is 14.2 Å². The second-order valence-electron chi connectivity index (χ2n) is 25.6. The van der Waals surface area contributed by atoms with E-state index >= 15 is 0 Å². The van der Waals surface area contributed by atoms with Gasteiger partial charge in [0.2, 0.25) is 0 Å². The van der Waals surface area contributed by atoms with Crippen LogP contribution in [0.5, 0.6) is 0 Å². The molecule has 6 nitrogen and oxygen atoms in total.